The molecule has 5 heteroatoms. The Kier molecular flexibility index (Phi) is 6.83. The summed E-state index contributed by atoms with van der Waals surface area (Å²) in [4.78, 5) is 8.92. The number of rotatable bonds is 6. The number of aryl methyl sites for hydroxylation is 2. The second kappa shape index (κ2) is 8.88. The molecule has 142 valence electrons. The van der Waals surface area contributed by atoms with E-state index < -0.39 is 0 Å². The quantitative estimate of drug-likeness (QED) is 0.609. The smallest absolute Gasteiger partial charge is 0.216 e. The van der Waals surface area contributed by atoms with Crippen molar-refractivity contribution < 1.29 is 4.42 Å². The van der Waals surface area contributed by atoms with Crippen molar-refractivity contribution in [3.05, 3.63) is 52.7 Å². The zero-order valence-electron chi connectivity index (χ0n) is 16.9. The lowest BCUT2D eigenvalue weighted by atomic mass is 9.94. The Morgan fingerprint density at radius 2 is 1.81 bits per heavy atom. The van der Waals surface area contributed by atoms with Crippen LogP contribution in [-0.4, -0.2) is 24.0 Å². The Labute approximate surface area is 157 Å². The standard InChI is InChI=1S/C21H32N4O/c1-7-22-20(23-9-8-17-11-15(2)10-16(3)12-17)25-14-19-24-13-18(26-19)21(4,5)6/h10-13H,7-9,14H2,1-6H3,(H2,22,23,25). The topological polar surface area (TPSA) is 62.5 Å². The maximum absolute atomic E-state index is 5.80. The van der Waals surface area contributed by atoms with Gasteiger partial charge in [-0.1, -0.05) is 50.1 Å². The molecule has 2 aromatic rings. The Hall–Kier alpha value is -2.30. The molecule has 1 heterocycles. The minimum atomic E-state index is -0.0380. The van der Waals surface area contributed by atoms with E-state index >= 15 is 0 Å². The molecule has 5 nitrogen and oxygen atoms in total. The average molecular weight is 357 g/mol. The van der Waals surface area contributed by atoms with Crippen molar-refractivity contribution in [2.24, 2.45) is 4.99 Å². The molecule has 0 atom stereocenters. The number of oxazole rings is 1. The molecule has 26 heavy (non-hydrogen) atoms. The number of benzene rings is 1. The van der Waals surface area contributed by atoms with Crippen molar-refractivity contribution >= 4 is 5.96 Å². The lowest BCUT2D eigenvalue weighted by Crippen LogP contribution is -2.38. The van der Waals surface area contributed by atoms with Crippen LogP contribution < -0.4 is 10.6 Å². The van der Waals surface area contributed by atoms with Gasteiger partial charge in [0.2, 0.25) is 5.89 Å². The zero-order valence-corrected chi connectivity index (χ0v) is 16.9. The molecule has 0 amide bonds. The normalized spacial score (nSPS) is 12.3. The summed E-state index contributed by atoms with van der Waals surface area (Å²) in [5.74, 6) is 2.31. The summed E-state index contributed by atoms with van der Waals surface area (Å²) >= 11 is 0. The van der Waals surface area contributed by atoms with Crippen LogP contribution in [0.15, 0.2) is 33.8 Å². The van der Waals surface area contributed by atoms with Gasteiger partial charge in [-0.2, -0.15) is 0 Å². The van der Waals surface area contributed by atoms with Crippen molar-refractivity contribution in [3.8, 4) is 0 Å². The molecule has 0 unspecified atom stereocenters. The van der Waals surface area contributed by atoms with E-state index in [-0.39, 0.29) is 5.41 Å². The summed E-state index contributed by atoms with van der Waals surface area (Å²) < 4.78 is 5.80. The molecule has 1 aromatic heterocycles. The molecule has 0 bridgehead atoms. The van der Waals surface area contributed by atoms with Crippen molar-refractivity contribution in [1.29, 1.82) is 0 Å². The van der Waals surface area contributed by atoms with Crippen LogP contribution in [0, 0.1) is 13.8 Å². The molecule has 0 saturated heterocycles. The highest BCUT2D eigenvalue weighted by molar-refractivity contribution is 5.79. The van der Waals surface area contributed by atoms with Gasteiger partial charge in [0.25, 0.3) is 0 Å². The molecular formula is C21H32N4O. The average Bonchev–Trinajstić information content (AvgIpc) is 3.01. The van der Waals surface area contributed by atoms with E-state index in [1.54, 1.807) is 6.20 Å². The van der Waals surface area contributed by atoms with Crippen molar-refractivity contribution in [2.75, 3.05) is 13.1 Å². The second-order valence-electron chi connectivity index (χ2n) is 7.74. The minimum absolute atomic E-state index is 0.0380. The Morgan fingerprint density at radius 1 is 1.12 bits per heavy atom. The van der Waals surface area contributed by atoms with E-state index in [0.29, 0.717) is 12.4 Å². The van der Waals surface area contributed by atoms with Crippen molar-refractivity contribution in [3.63, 3.8) is 0 Å². The van der Waals surface area contributed by atoms with Crippen LogP contribution in [0.1, 0.15) is 56.0 Å². The van der Waals surface area contributed by atoms with Gasteiger partial charge in [-0.15, -0.1) is 0 Å². The highest BCUT2D eigenvalue weighted by Gasteiger charge is 2.18. The van der Waals surface area contributed by atoms with Gasteiger partial charge in [-0.05, 0) is 32.8 Å². The van der Waals surface area contributed by atoms with Crippen LogP contribution >= 0.6 is 0 Å². The van der Waals surface area contributed by atoms with E-state index in [1.165, 1.54) is 16.7 Å². The Balaban J connectivity index is 1.93. The SMILES string of the molecule is CCNC(=NCc1ncc(C(C)(C)C)o1)NCCc1cc(C)cc(C)c1. The molecular weight excluding hydrogens is 324 g/mol. The molecule has 1 aromatic carbocycles. The first-order valence-electron chi connectivity index (χ1n) is 9.32. The number of nitrogens with zero attached hydrogens (tertiary/aromatic N) is 2. The van der Waals surface area contributed by atoms with Gasteiger partial charge in [0, 0.05) is 18.5 Å². The van der Waals surface area contributed by atoms with Crippen LogP contribution in [0.4, 0.5) is 0 Å². The molecule has 2 N–H and O–H groups in total. The first kappa shape index (κ1) is 20.0. The fraction of sp³-hybridized carbons (Fsp3) is 0.524. The molecule has 0 fully saturated rings. The number of hydrogen-bond acceptors (Lipinski definition) is 3. The maximum atomic E-state index is 5.80. The zero-order chi connectivity index (χ0) is 19.2. The predicted octanol–water partition coefficient (Wildman–Crippen LogP) is 3.89. The summed E-state index contributed by atoms with van der Waals surface area (Å²) in [6.45, 7) is 14.7. The van der Waals surface area contributed by atoms with Gasteiger partial charge in [0.05, 0.1) is 6.20 Å². The van der Waals surface area contributed by atoms with Crippen LogP contribution in [0.25, 0.3) is 0 Å². The fourth-order valence-electron chi connectivity index (χ4n) is 2.76. The van der Waals surface area contributed by atoms with E-state index in [1.807, 2.05) is 0 Å². The molecule has 0 aliphatic carbocycles. The molecule has 0 spiro atoms. The third kappa shape index (κ3) is 6.21. The van der Waals surface area contributed by atoms with E-state index in [0.717, 1.165) is 31.2 Å². The monoisotopic (exact) mass is 356 g/mol. The van der Waals surface area contributed by atoms with E-state index in [4.69, 9.17) is 4.42 Å². The molecule has 0 aliphatic rings. The van der Waals surface area contributed by atoms with Crippen molar-refractivity contribution in [1.82, 2.24) is 15.6 Å². The van der Waals surface area contributed by atoms with Gasteiger partial charge in [0.15, 0.2) is 5.96 Å². The van der Waals surface area contributed by atoms with Gasteiger partial charge < -0.3 is 15.1 Å². The van der Waals surface area contributed by atoms with Gasteiger partial charge in [-0.25, -0.2) is 9.98 Å². The van der Waals surface area contributed by atoms with Crippen LogP contribution in [0.3, 0.4) is 0 Å². The van der Waals surface area contributed by atoms with E-state index in [9.17, 15) is 0 Å². The molecule has 2 rings (SSSR count). The van der Waals surface area contributed by atoms with Gasteiger partial charge >= 0.3 is 0 Å². The summed E-state index contributed by atoms with van der Waals surface area (Å²) in [5, 5.41) is 6.65. The van der Waals surface area contributed by atoms with Crippen LogP contribution in [0.5, 0.6) is 0 Å². The largest absolute Gasteiger partial charge is 0.443 e. The summed E-state index contributed by atoms with van der Waals surface area (Å²) in [6, 6.07) is 6.67. The third-order valence-corrected chi connectivity index (χ3v) is 4.00. The first-order chi connectivity index (χ1) is 12.3. The lowest BCUT2D eigenvalue weighted by Gasteiger charge is -2.13. The number of hydrogen-bond donors (Lipinski definition) is 2. The molecule has 0 radical (unpaired) electrons. The highest BCUT2D eigenvalue weighted by atomic mass is 16.4. The minimum Gasteiger partial charge on any atom is -0.443 e. The Morgan fingerprint density at radius 3 is 2.38 bits per heavy atom. The summed E-state index contributed by atoms with van der Waals surface area (Å²) in [6.07, 6.45) is 2.76. The second-order valence-corrected chi connectivity index (χ2v) is 7.74. The third-order valence-electron chi connectivity index (χ3n) is 4.00. The first-order valence-corrected chi connectivity index (χ1v) is 9.32. The highest BCUT2D eigenvalue weighted by Crippen LogP contribution is 2.22. The predicted molar refractivity (Wildman–Crippen MR) is 108 cm³/mol. The number of guanidine groups is 1. The van der Waals surface area contributed by atoms with E-state index in [2.05, 4.69) is 80.4 Å². The fourth-order valence-corrected chi connectivity index (χ4v) is 2.76. The van der Waals surface area contributed by atoms with Crippen LogP contribution in [0.2, 0.25) is 0 Å². The molecule has 0 saturated carbocycles. The number of nitrogens with one attached hydrogen (secondary N) is 2. The number of aromatic nitrogens is 1. The van der Waals surface area contributed by atoms with Gasteiger partial charge in [0.1, 0.15) is 12.3 Å². The lowest BCUT2D eigenvalue weighted by molar-refractivity contribution is 0.383. The maximum Gasteiger partial charge on any atom is 0.216 e. The summed E-state index contributed by atoms with van der Waals surface area (Å²) in [5.41, 5.74) is 3.91. The Bertz CT molecular complexity index is 720. The van der Waals surface area contributed by atoms with Crippen LogP contribution in [-0.2, 0) is 18.4 Å². The molecule has 0 aliphatic heterocycles. The van der Waals surface area contributed by atoms with Crippen molar-refractivity contribution in [2.45, 2.75) is 59.9 Å². The summed E-state index contributed by atoms with van der Waals surface area (Å²) in [7, 11) is 0. The van der Waals surface area contributed by atoms with Gasteiger partial charge in [-0.3, -0.25) is 0 Å². The number of aliphatic imine (C=N–C) groups is 1.